The predicted molar refractivity (Wildman–Crippen MR) is 71.9 cm³/mol. The number of anilines is 1. The molecule has 1 N–H and O–H groups in total. The van der Waals surface area contributed by atoms with Gasteiger partial charge >= 0.3 is 0 Å². The molecule has 0 radical (unpaired) electrons. The minimum absolute atomic E-state index is 0.421. The summed E-state index contributed by atoms with van der Waals surface area (Å²) in [7, 11) is -3.51. The first-order valence-electron chi connectivity index (χ1n) is 5.49. The summed E-state index contributed by atoms with van der Waals surface area (Å²) < 4.78 is 22.7. The third-order valence-electron chi connectivity index (χ3n) is 2.30. The van der Waals surface area contributed by atoms with Gasteiger partial charge in [0.05, 0.1) is 0 Å². The Morgan fingerprint density at radius 1 is 1.33 bits per heavy atom. The number of hydrogen-bond donors (Lipinski definition) is 1. The Bertz CT molecular complexity index is 553. The molecule has 1 aromatic carbocycles. The normalized spacial score (nSPS) is 10.7. The SMILES string of the molecule is C#CCS(=O)(=O)CC(=O)Nc1ccc(CC)cc1. The largest absolute Gasteiger partial charge is 0.325 e. The molecule has 0 atom stereocenters. The van der Waals surface area contributed by atoms with Gasteiger partial charge in [-0.3, -0.25) is 4.79 Å². The van der Waals surface area contributed by atoms with Crippen molar-refractivity contribution in [2.24, 2.45) is 0 Å². The zero-order valence-electron chi connectivity index (χ0n) is 10.1. The minimum Gasteiger partial charge on any atom is -0.325 e. The molecular formula is C13H15NO3S. The van der Waals surface area contributed by atoms with Crippen LogP contribution in [-0.2, 0) is 21.1 Å². The summed E-state index contributed by atoms with van der Waals surface area (Å²) in [6, 6.07) is 7.24. The number of sulfone groups is 1. The van der Waals surface area contributed by atoms with Crippen molar-refractivity contribution in [2.75, 3.05) is 16.8 Å². The Morgan fingerprint density at radius 3 is 2.44 bits per heavy atom. The number of amides is 1. The second kappa shape index (κ2) is 6.22. The Hall–Kier alpha value is -1.80. The van der Waals surface area contributed by atoms with E-state index in [1.807, 2.05) is 25.0 Å². The lowest BCUT2D eigenvalue weighted by Crippen LogP contribution is -2.24. The molecule has 0 fully saturated rings. The van der Waals surface area contributed by atoms with Crippen LogP contribution in [0.4, 0.5) is 5.69 Å². The number of terminal acetylenes is 1. The average Bonchev–Trinajstić information content (AvgIpc) is 2.28. The molecule has 0 saturated carbocycles. The van der Waals surface area contributed by atoms with Crippen LogP contribution in [0.5, 0.6) is 0 Å². The molecule has 0 bridgehead atoms. The molecule has 5 heteroatoms. The lowest BCUT2D eigenvalue weighted by molar-refractivity contribution is -0.113. The monoisotopic (exact) mass is 265 g/mol. The zero-order valence-corrected chi connectivity index (χ0v) is 11.0. The van der Waals surface area contributed by atoms with Crippen molar-refractivity contribution >= 4 is 21.4 Å². The molecule has 0 aliphatic carbocycles. The first-order chi connectivity index (χ1) is 8.46. The molecule has 0 aromatic heterocycles. The van der Waals surface area contributed by atoms with Crippen molar-refractivity contribution in [3.63, 3.8) is 0 Å². The van der Waals surface area contributed by atoms with Crippen LogP contribution in [0.15, 0.2) is 24.3 Å². The molecule has 0 unspecified atom stereocenters. The molecule has 0 heterocycles. The van der Waals surface area contributed by atoms with E-state index >= 15 is 0 Å². The number of carbonyl (C=O) groups excluding carboxylic acids is 1. The fraction of sp³-hybridized carbons (Fsp3) is 0.308. The Balaban J connectivity index is 2.62. The highest BCUT2D eigenvalue weighted by Crippen LogP contribution is 2.10. The fourth-order valence-corrected chi connectivity index (χ4v) is 2.23. The van der Waals surface area contributed by atoms with Gasteiger partial charge in [-0.2, -0.15) is 0 Å². The zero-order chi connectivity index (χ0) is 13.6. The molecule has 1 rings (SSSR count). The standard InChI is InChI=1S/C13H15NO3S/c1-3-9-18(16,17)10-13(15)14-12-7-5-11(4-2)6-8-12/h1,5-8H,4,9-10H2,2H3,(H,14,15). The van der Waals surface area contributed by atoms with Crippen molar-refractivity contribution in [1.29, 1.82) is 0 Å². The maximum absolute atomic E-state index is 11.5. The van der Waals surface area contributed by atoms with Gasteiger partial charge in [0, 0.05) is 5.69 Å². The minimum atomic E-state index is -3.51. The van der Waals surface area contributed by atoms with E-state index in [0.717, 1.165) is 12.0 Å². The van der Waals surface area contributed by atoms with E-state index in [-0.39, 0.29) is 0 Å². The Kier molecular flexibility index (Phi) is 4.93. The van der Waals surface area contributed by atoms with Gasteiger partial charge in [0.15, 0.2) is 9.84 Å². The third kappa shape index (κ3) is 4.60. The predicted octanol–water partition coefficient (Wildman–Crippen LogP) is 1.24. The molecule has 1 aromatic rings. The van der Waals surface area contributed by atoms with Gasteiger partial charge in [0.25, 0.3) is 0 Å². The summed E-state index contributed by atoms with van der Waals surface area (Å²) >= 11 is 0. The number of benzene rings is 1. The lowest BCUT2D eigenvalue weighted by atomic mass is 10.1. The molecule has 0 aliphatic heterocycles. The maximum Gasteiger partial charge on any atom is 0.239 e. The van der Waals surface area contributed by atoms with Crippen molar-refractivity contribution in [1.82, 2.24) is 0 Å². The summed E-state index contributed by atoms with van der Waals surface area (Å²) in [6.07, 6.45) is 5.82. The van der Waals surface area contributed by atoms with Crippen molar-refractivity contribution in [2.45, 2.75) is 13.3 Å². The van der Waals surface area contributed by atoms with E-state index in [1.165, 1.54) is 0 Å². The number of aryl methyl sites for hydroxylation is 1. The summed E-state index contributed by atoms with van der Waals surface area (Å²) in [5.74, 6) is 0.438. The van der Waals surface area contributed by atoms with Gasteiger partial charge in [-0.05, 0) is 24.1 Å². The number of rotatable bonds is 5. The lowest BCUT2D eigenvalue weighted by Gasteiger charge is -2.05. The molecular weight excluding hydrogens is 250 g/mol. The quantitative estimate of drug-likeness (QED) is 0.815. The van der Waals surface area contributed by atoms with Crippen LogP contribution in [0.2, 0.25) is 0 Å². The summed E-state index contributed by atoms with van der Waals surface area (Å²) in [5.41, 5.74) is 1.72. The molecule has 1 amide bonds. The van der Waals surface area contributed by atoms with E-state index in [9.17, 15) is 13.2 Å². The smallest absolute Gasteiger partial charge is 0.239 e. The van der Waals surface area contributed by atoms with Gasteiger partial charge in [0.1, 0.15) is 11.5 Å². The molecule has 0 spiro atoms. The van der Waals surface area contributed by atoms with Crippen LogP contribution >= 0.6 is 0 Å². The van der Waals surface area contributed by atoms with Crippen LogP contribution in [0.25, 0.3) is 0 Å². The van der Waals surface area contributed by atoms with Crippen LogP contribution in [0.3, 0.4) is 0 Å². The topological polar surface area (TPSA) is 63.2 Å². The molecule has 4 nitrogen and oxygen atoms in total. The van der Waals surface area contributed by atoms with E-state index in [1.54, 1.807) is 12.1 Å². The van der Waals surface area contributed by atoms with Crippen LogP contribution in [-0.4, -0.2) is 25.8 Å². The van der Waals surface area contributed by atoms with Gasteiger partial charge in [-0.25, -0.2) is 8.42 Å². The highest BCUT2D eigenvalue weighted by molar-refractivity contribution is 7.92. The second-order valence-corrected chi connectivity index (χ2v) is 5.90. The average molecular weight is 265 g/mol. The van der Waals surface area contributed by atoms with Gasteiger partial charge in [-0.1, -0.05) is 25.0 Å². The summed E-state index contributed by atoms with van der Waals surface area (Å²) in [4.78, 5) is 11.5. The third-order valence-corrected chi connectivity index (χ3v) is 3.61. The number of nitrogens with one attached hydrogen (secondary N) is 1. The van der Waals surface area contributed by atoms with Crippen molar-refractivity contribution in [3.05, 3.63) is 29.8 Å². The van der Waals surface area contributed by atoms with Gasteiger partial charge < -0.3 is 5.32 Å². The van der Waals surface area contributed by atoms with Gasteiger partial charge in [-0.15, -0.1) is 6.42 Å². The molecule has 0 aliphatic rings. The first-order valence-corrected chi connectivity index (χ1v) is 7.31. The molecule has 96 valence electrons. The molecule has 0 saturated heterocycles. The summed E-state index contributed by atoms with van der Waals surface area (Å²) in [6.45, 7) is 2.03. The number of carbonyl (C=O) groups is 1. The van der Waals surface area contributed by atoms with E-state index in [0.29, 0.717) is 5.69 Å². The van der Waals surface area contributed by atoms with Gasteiger partial charge in [0.2, 0.25) is 5.91 Å². The Morgan fingerprint density at radius 2 is 1.94 bits per heavy atom. The van der Waals surface area contributed by atoms with Crippen molar-refractivity contribution < 1.29 is 13.2 Å². The van der Waals surface area contributed by atoms with Crippen LogP contribution in [0, 0.1) is 12.3 Å². The van der Waals surface area contributed by atoms with E-state index in [2.05, 4.69) is 5.32 Å². The van der Waals surface area contributed by atoms with Crippen molar-refractivity contribution in [3.8, 4) is 12.3 Å². The van der Waals surface area contributed by atoms with Crippen LogP contribution in [0.1, 0.15) is 12.5 Å². The fourth-order valence-electron chi connectivity index (χ4n) is 1.40. The Labute approximate surface area is 107 Å². The van der Waals surface area contributed by atoms with E-state index < -0.39 is 27.3 Å². The maximum atomic E-state index is 11.5. The van der Waals surface area contributed by atoms with E-state index in [4.69, 9.17) is 6.42 Å². The highest BCUT2D eigenvalue weighted by Gasteiger charge is 2.15. The number of hydrogen-bond acceptors (Lipinski definition) is 3. The highest BCUT2D eigenvalue weighted by atomic mass is 32.2. The first kappa shape index (κ1) is 14.3. The second-order valence-electron chi connectivity index (χ2n) is 3.84. The van der Waals surface area contributed by atoms with Crippen LogP contribution < -0.4 is 5.32 Å². The molecule has 18 heavy (non-hydrogen) atoms. The summed E-state index contributed by atoms with van der Waals surface area (Å²) in [5, 5.41) is 2.52.